The van der Waals surface area contributed by atoms with Crippen LogP contribution in [-0.4, -0.2) is 67.1 Å². The van der Waals surface area contributed by atoms with Gasteiger partial charge in [-0.05, 0) is 13.8 Å². The Morgan fingerprint density at radius 2 is 1.94 bits per heavy atom. The third kappa shape index (κ3) is 3.42. The lowest BCUT2D eigenvalue weighted by atomic mass is 9.96. The van der Waals surface area contributed by atoms with Gasteiger partial charge in [-0.25, -0.2) is 13.2 Å². The molecule has 1 amide bonds. The van der Waals surface area contributed by atoms with Crippen molar-refractivity contribution in [3.05, 3.63) is 0 Å². The van der Waals surface area contributed by atoms with Crippen LogP contribution in [0.3, 0.4) is 0 Å². The zero-order chi connectivity index (χ0) is 14.1. The van der Waals surface area contributed by atoms with Crippen LogP contribution in [-0.2, 0) is 24.2 Å². The second kappa shape index (κ2) is 4.85. The number of rotatable bonds is 5. The van der Waals surface area contributed by atoms with E-state index in [1.165, 1.54) is 11.8 Å². The van der Waals surface area contributed by atoms with Crippen LogP contribution in [0.5, 0.6) is 0 Å². The van der Waals surface area contributed by atoms with Crippen molar-refractivity contribution in [3.8, 4) is 0 Å². The number of carbonyl (C=O) groups is 2. The van der Waals surface area contributed by atoms with E-state index >= 15 is 0 Å². The van der Waals surface area contributed by atoms with Crippen molar-refractivity contribution in [2.45, 2.75) is 24.7 Å². The first-order valence-electron chi connectivity index (χ1n) is 5.38. The molecule has 1 N–H and O–H groups in total. The average Bonchev–Trinajstić information content (AvgIpc) is 2.19. The first kappa shape index (κ1) is 14.9. The van der Waals surface area contributed by atoms with Gasteiger partial charge in [0.15, 0.2) is 9.84 Å². The maximum absolute atomic E-state index is 11.8. The molecule has 7 nitrogen and oxygen atoms in total. The number of amides is 1. The molecule has 1 aliphatic heterocycles. The fourth-order valence-corrected chi connectivity index (χ4v) is 2.20. The second-order valence-corrected chi connectivity index (χ2v) is 7.16. The highest BCUT2D eigenvalue weighted by molar-refractivity contribution is 7.92. The van der Waals surface area contributed by atoms with Crippen LogP contribution in [0.1, 0.15) is 13.8 Å². The second-order valence-electron chi connectivity index (χ2n) is 4.80. The largest absolute Gasteiger partial charge is 0.480 e. The summed E-state index contributed by atoms with van der Waals surface area (Å²) in [4.78, 5) is 23.5. The summed E-state index contributed by atoms with van der Waals surface area (Å²) in [5.74, 6) is -1.56. The van der Waals surface area contributed by atoms with Crippen molar-refractivity contribution in [2.24, 2.45) is 0 Å². The fraction of sp³-hybridized carbons (Fsp3) is 0.800. The Hall–Kier alpha value is -1.15. The van der Waals surface area contributed by atoms with Crippen LogP contribution in [0, 0.1) is 0 Å². The van der Waals surface area contributed by atoms with E-state index < -0.39 is 39.2 Å². The minimum Gasteiger partial charge on any atom is -0.480 e. The Labute approximate surface area is 106 Å². The van der Waals surface area contributed by atoms with Gasteiger partial charge in [0.05, 0.1) is 13.1 Å². The van der Waals surface area contributed by atoms with Gasteiger partial charge in [0, 0.05) is 6.26 Å². The molecule has 1 aliphatic rings. The average molecular weight is 279 g/mol. The smallest absolute Gasteiger partial charge is 0.329 e. The third-order valence-electron chi connectivity index (χ3n) is 2.90. The first-order valence-corrected chi connectivity index (χ1v) is 7.34. The lowest BCUT2D eigenvalue weighted by Crippen LogP contribution is -2.65. The Kier molecular flexibility index (Phi) is 4.02. The number of sulfone groups is 1. The summed E-state index contributed by atoms with van der Waals surface area (Å²) in [7, 11) is -3.41. The molecule has 0 aliphatic carbocycles. The number of hydrogen-bond acceptors (Lipinski definition) is 5. The Morgan fingerprint density at radius 1 is 1.44 bits per heavy atom. The topological polar surface area (TPSA) is 101 Å². The zero-order valence-electron chi connectivity index (χ0n) is 10.5. The van der Waals surface area contributed by atoms with Crippen LogP contribution >= 0.6 is 0 Å². The predicted molar refractivity (Wildman–Crippen MR) is 62.9 cm³/mol. The molecule has 104 valence electrons. The molecular formula is C10H17NO6S. The Morgan fingerprint density at radius 3 is 2.33 bits per heavy atom. The van der Waals surface area contributed by atoms with Gasteiger partial charge < -0.3 is 14.7 Å². The van der Waals surface area contributed by atoms with Crippen molar-refractivity contribution >= 4 is 21.7 Å². The van der Waals surface area contributed by atoms with Gasteiger partial charge in [-0.1, -0.05) is 0 Å². The molecule has 8 heteroatoms. The minimum absolute atomic E-state index is 0.207. The fourth-order valence-electron chi connectivity index (χ4n) is 1.68. The third-order valence-corrected chi connectivity index (χ3v) is 4.38. The van der Waals surface area contributed by atoms with Crippen LogP contribution in [0.15, 0.2) is 0 Å². The molecule has 0 aromatic carbocycles. The van der Waals surface area contributed by atoms with Crippen molar-refractivity contribution < 1.29 is 27.9 Å². The van der Waals surface area contributed by atoms with E-state index in [2.05, 4.69) is 0 Å². The van der Waals surface area contributed by atoms with Gasteiger partial charge in [0.2, 0.25) is 5.91 Å². The number of aliphatic carboxylic acids is 1. The Balaban J connectivity index is 2.51. The molecule has 0 aromatic rings. The molecule has 1 unspecified atom stereocenters. The van der Waals surface area contributed by atoms with E-state index in [1.807, 2.05) is 0 Å². The summed E-state index contributed by atoms with van der Waals surface area (Å²) in [6.07, 6.45) is 1.01. The molecule has 18 heavy (non-hydrogen) atoms. The maximum Gasteiger partial charge on any atom is 0.329 e. The van der Waals surface area contributed by atoms with Crippen LogP contribution < -0.4 is 0 Å². The number of nitrogens with zero attached hydrogens (tertiary/aromatic N) is 1. The quantitative estimate of drug-likeness (QED) is 0.701. The molecule has 0 aromatic heterocycles. The maximum atomic E-state index is 11.8. The highest BCUT2D eigenvalue weighted by Crippen LogP contribution is 2.26. The minimum atomic E-state index is -3.41. The van der Waals surface area contributed by atoms with E-state index in [1.54, 1.807) is 6.92 Å². The molecule has 1 atom stereocenters. The number of ether oxygens (including phenoxy) is 1. The lowest BCUT2D eigenvalue weighted by Gasteiger charge is -2.47. The van der Waals surface area contributed by atoms with Crippen LogP contribution in [0.4, 0.5) is 0 Å². The van der Waals surface area contributed by atoms with Crippen molar-refractivity contribution in [1.82, 2.24) is 4.90 Å². The van der Waals surface area contributed by atoms with Gasteiger partial charge in [0.25, 0.3) is 0 Å². The van der Waals surface area contributed by atoms with E-state index in [9.17, 15) is 18.0 Å². The molecule has 0 spiro atoms. The van der Waals surface area contributed by atoms with Crippen LogP contribution in [0.2, 0.25) is 0 Å². The summed E-state index contributed by atoms with van der Waals surface area (Å²) in [5, 5.41) is 7.40. The normalized spacial score (nSPS) is 20.1. The number of carbonyl (C=O) groups excluding carboxylic acids is 1. The molecule has 1 heterocycles. The molecule has 0 radical (unpaired) electrons. The molecule has 1 saturated heterocycles. The molecule has 1 rings (SSSR count). The predicted octanol–water partition coefficient (Wildman–Crippen LogP) is -0.878. The SMILES string of the molecule is CC(C(=O)N1CC(C)(OCC(=O)O)C1)S(C)(=O)=O. The van der Waals surface area contributed by atoms with Gasteiger partial charge in [-0.15, -0.1) is 0 Å². The number of carboxylic acids is 1. The number of likely N-dealkylation sites (tertiary alicyclic amines) is 1. The van der Waals surface area contributed by atoms with E-state index in [-0.39, 0.29) is 13.1 Å². The monoisotopic (exact) mass is 279 g/mol. The van der Waals surface area contributed by atoms with Crippen molar-refractivity contribution in [2.75, 3.05) is 26.0 Å². The summed E-state index contributed by atoms with van der Waals surface area (Å²) >= 11 is 0. The zero-order valence-corrected chi connectivity index (χ0v) is 11.4. The standard InChI is InChI=1S/C10H17NO6S/c1-7(18(3,15)16)9(14)11-5-10(2,6-11)17-4-8(12)13/h7H,4-6H2,1-3H3,(H,12,13). The van der Waals surface area contributed by atoms with Crippen LogP contribution in [0.25, 0.3) is 0 Å². The molecule has 0 bridgehead atoms. The van der Waals surface area contributed by atoms with Gasteiger partial charge >= 0.3 is 5.97 Å². The van der Waals surface area contributed by atoms with E-state index in [0.29, 0.717) is 0 Å². The highest BCUT2D eigenvalue weighted by atomic mass is 32.2. The van der Waals surface area contributed by atoms with Gasteiger partial charge in [0.1, 0.15) is 17.5 Å². The van der Waals surface area contributed by atoms with Crippen molar-refractivity contribution in [1.29, 1.82) is 0 Å². The lowest BCUT2D eigenvalue weighted by molar-refractivity contribution is -0.172. The summed E-state index contributed by atoms with van der Waals surface area (Å²) in [6.45, 7) is 3.01. The van der Waals surface area contributed by atoms with E-state index in [0.717, 1.165) is 6.26 Å². The summed E-state index contributed by atoms with van der Waals surface area (Å²) < 4.78 is 27.6. The molecular weight excluding hydrogens is 262 g/mol. The summed E-state index contributed by atoms with van der Waals surface area (Å²) in [5.41, 5.74) is -0.703. The summed E-state index contributed by atoms with van der Waals surface area (Å²) in [6, 6.07) is 0. The number of hydrogen-bond donors (Lipinski definition) is 1. The first-order chi connectivity index (χ1) is 8.05. The Bertz CT molecular complexity index is 451. The molecule has 1 fully saturated rings. The van der Waals surface area contributed by atoms with E-state index in [4.69, 9.17) is 9.84 Å². The van der Waals surface area contributed by atoms with Gasteiger partial charge in [-0.2, -0.15) is 0 Å². The van der Waals surface area contributed by atoms with Gasteiger partial charge in [-0.3, -0.25) is 4.79 Å². The number of carboxylic acid groups (broad SMARTS) is 1. The van der Waals surface area contributed by atoms with Crippen molar-refractivity contribution in [3.63, 3.8) is 0 Å². The molecule has 0 saturated carbocycles. The highest BCUT2D eigenvalue weighted by Gasteiger charge is 2.45.